The maximum atomic E-state index is 14.1. The average molecular weight is 531 g/mol. The number of carboxylic acids is 1. The maximum absolute atomic E-state index is 14.1. The number of amidine groups is 1. The van der Waals surface area contributed by atoms with Crippen molar-refractivity contribution in [2.24, 2.45) is 10.9 Å². The summed E-state index contributed by atoms with van der Waals surface area (Å²) in [6, 6.07) is 7.71. The third-order valence-electron chi connectivity index (χ3n) is 6.23. The number of amides is 1. The van der Waals surface area contributed by atoms with Crippen molar-refractivity contribution in [2.75, 3.05) is 19.7 Å². The van der Waals surface area contributed by atoms with Crippen LogP contribution in [-0.2, 0) is 22.2 Å². The zero-order chi connectivity index (χ0) is 26.3. The number of carbonyl (C=O) groups excluding carboxylic acids is 1. The number of hydrogen-bond acceptors (Lipinski definition) is 6. The second kappa shape index (κ2) is 9.58. The van der Waals surface area contributed by atoms with Gasteiger partial charge < -0.3 is 14.7 Å². The summed E-state index contributed by atoms with van der Waals surface area (Å²) in [5.41, 5.74) is 0.972. The number of carbonyl (C=O) groups is 2. The molecule has 1 aromatic heterocycles. The average Bonchev–Trinajstić information content (AvgIpc) is 3.40. The molecule has 0 radical (unpaired) electrons. The van der Waals surface area contributed by atoms with Gasteiger partial charge in [-0.3, -0.25) is 14.7 Å². The van der Waals surface area contributed by atoms with Crippen LogP contribution >= 0.6 is 11.8 Å². The number of hydrogen-bond donors (Lipinski definition) is 2. The summed E-state index contributed by atoms with van der Waals surface area (Å²) in [7, 11) is 0. The maximum Gasteiger partial charge on any atom is 0.420 e. The van der Waals surface area contributed by atoms with E-state index in [1.807, 2.05) is 0 Å². The van der Waals surface area contributed by atoms with Crippen molar-refractivity contribution >= 4 is 45.8 Å². The second-order valence-corrected chi connectivity index (χ2v) is 9.62. The molecule has 0 bridgehead atoms. The van der Waals surface area contributed by atoms with Crippen molar-refractivity contribution in [3.05, 3.63) is 63.7 Å². The number of thioether (sulfide) groups is 1. The van der Waals surface area contributed by atoms with Crippen LogP contribution in [0.2, 0.25) is 0 Å². The normalized spacial score (nSPS) is 17.4. The molecule has 0 aliphatic carbocycles. The predicted octanol–water partition coefficient (Wildman–Crippen LogP) is 4.56. The molecule has 0 saturated carbocycles. The van der Waals surface area contributed by atoms with E-state index in [-0.39, 0.29) is 37.4 Å². The van der Waals surface area contributed by atoms with Crippen LogP contribution in [0.5, 0.6) is 5.75 Å². The van der Waals surface area contributed by atoms with Gasteiger partial charge in [0, 0.05) is 18.5 Å². The number of nitrogens with zero attached hydrogens (tertiary/aromatic N) is 3. The Morgan fingerprint density at radius 1 is 1.30 bits per heavy atom. The Morgan fingerprint density at radius 2 is 2.08 bits per heavy atom. The molecule has 0 unspecified atom stereocenters. The highest BCUT2D eigenvalue weighted by Crippen LogP contribution is 2.41. The zero-order valence-electron chi connectivity index (χ0n) is 19.5. The second-order valence-electron chi connectivity index (χ2n) is 8.61. The van der Waals surface area contributed by atoms with Crippen LogP contribution in [0.4, 0.5) is 13.2 Å². The number of benzene rings is 2. The van der Waals surface area contributed by atoms with Gasteiger partial charge >= 0.3 is 12.1 Å². The number of aromatic amines is 1. The quantitative estimate of drug-likeness (QED) is 0.450. The summed E-state index contributed by atoms with van der Waals surface area (Å²) in [4.78, 5) is 29.8. The van der Waals surface area contributed by atoms with E-state index in [4.69, 9.17) is 9.84 Å². The first kappa shape index (κ1) is 24.9. The van der Waals surface area contributed by atoms with Gasteiger partial charge in [0.15, 0.2) is 5.17 Å². The number of rotatable bonds is 6. The van der Waals surface area contributed by atoms with E-state index in [0.717, 1.165) is 11.8 Å². The van der Waals surface area contributed by atoms with E-state index in [1.54, 1.807) is 36.2 Å². The van der Waals surface area contributed by atoms with E-state index in [2.05, 4.69) is 15.2 Å². The minimum atomic E-state index is -4.63. The number of H-pyrrole nitrogens is 1. The number of carboxylic acid groups (broad SMARTS) is 1. The SMILES string of the molecule is CCOc1cccc(Cc2c(C=C3SC(N4CC(C(=O)O)C4)=NC3=O)ccc3[nH]ncc23)c1C(F)(F)F. The lowest BCUT2D eigenvalue weighted by Gasteiger charge is -2.37. The Balaban J connectivity index is 1.51. The minimum Gasteiger partial charge on any atom is -0.493 e. The first-order valence-electron chi connectivity index (χ1n) is 11.4. The van der Waals surface area contributed by atoms with Gasteiger partial charge in [-0.1, -0.05) is 18.2 Å². The summed E-state index contributed by atoms with van der Waals surface area (Å²) in [6.07, 6.45) is -1.55. The summed E-state index contributed by atoms with van der Waals surface area (Å²) in [5, 5.41) is 17.0. The van der Waals surface area contributed by atoms with Crippen LogP contribution < -0.4 is 4.74 Å². The molecular formula is C25H21F3N4O4S. The molecule has 0 atom stereocenters. The molecule has 2 aromatic carbocycles. The van der Waals surface area contributed by atoms with Gasteiger partial charge in [0.1, 0.15) is 11.3 Å². The highest BCUT2D eigenvalue weighted by molar-refractivity contribution is 8.18. The van der Waals surface area contributed by atoms with E-state index >= 15 is 0 Å². The Hall–Kier alpha value is -3.80. The number of aliphatic imine (C=N–C) groups is 1. The lowest BCUT2D eigenvalue weighted by molar-refractivity contribution is -0.145. The number of likely N-dealkylation sites (tertiary alicyclic amines) is 1. The van der Waals surface area contributed by atoms with Crippen LogP contribution in [0.3, 0.4) is 0 Å². The third-order valence-corrected chi connectivity index (χ3v) is 7.28. The molecule has 192 valence electrons. The van der Waals surface area contributed by atoms with Crippen molar-refractivity contribution in [3.8, 4) is 5.75 Å². The highest BCUT2D eigenvalue weighted by Gasteiger charge is 2.39. The fraction of sp³-hybridized carbons (Fsp3) is 0.280. The van der Waals surface area contributed by atoms with Gasteiger partial charge in [0.25, 0.3) is 5.91 Å². The smallest absolute Gasteiger partial charge is 0.420 e. The minimum absolute atomic E-state index is 0.0365. The Kier molecular flexibility index (Phi) is 6.44. The number of alkyl halides is 3. The van der Waals surface area contributed by atoms with Crippen molar-refractivity contribution in [1.82, 2.24) is 15.1 Å². The number of halogens is 3. The van der Waals surface area contributed by atoms with Gasteiger partial charge in [-0.25, -0.2) is 0 Å². The largest absolute Gasteiger partial charge is 0.493 e. The topological polar surface area (TPSA) is 108 Å². The number of fused-ring (bicyclic) bond motifs is 1. The lowest BCUT2D eigenvalue weighted by atomic mass is 9.93. The molecule has 12 heteroatoms. The Morgan fingerprint density at radius 3 is 2.78 bits per heavy atom. The van der Waals surface area contributed by atoms with E-state index in [1.165, 1.54) is 18.2 Å². The first-order chi connectivity index (χ1) is 17.7. The van der Waals surface area contributed by atoms with Crippen LogP contribution in [0.1, 0.15) is 29.2 Å². The Labute approximate surface area is 213 Å². The van der Waals surface area contributed by atoms with Gasteiger partial charge in [0.2, 0.25) is 0 Å². The molecule has 2 aliphatic heterocycles. The standard InChI is InChI=1S/C25H21F3N4O4S/c1-2-36-19-5-3-4-14(21(19)25(26,27)28)8-16-13(6-7-18-17(16)10-29-31-18)9-20-22(33)30-24(37-20)32-11-15(12-32)23(34)35/h3-7,9-10,15H,2,8,11-12H2,1H3,(H,29,31)(H,34,35). The number of ether oxygens (including phenoxy) is 1. The molecule has 2 aliphatic rings. The van der Waals surface area contributed by atoms with Crippen molar-refractivity contribution in [3.63, 3.8) is 0 Å². The van der Waals surface area contributed by atoms with Gasteiger partial charge in [0.05, 0.1) is 29.1 Å². The summed E-state index contributed by atoms with van der Waals surface area (Å²) < 4.78 is 47.5. The number of aromatic nitrogens is 2. The fourth-order valence-electron chi connectivity index (χ4n) is 4.40. The van der Waals surface area contributed by atoms with Gasteiger partial charge in [-0.05, 0) is 60.0 Å². The van der Waals surface area contributed by atoms with Crippen molar-refractivity contribution in [2.45, 2.75) is 19.5 Å². The molecule has 1 amide bonds. The summed E-state index contributed by atoms with van der Waals surface area (Å²) >= 11 is 1.12. The fourth-order valence-corrected chi connectivity index (χ4v) is 5.32. The summed E-state index contributed by atoms with van der Waals surface area (Å²) in [5.74, 6) is -2.12. The van der Waals surface area contributed by atoms with E-state index in [0.29, 0.717) is 32.1 Å². The van der Waals surface area contributed by atoms with Crippen molar-refractivity contribution in [1.29, 1.82) is 0 Å². The molecule has 1 fully saturated rings. The molecule has 3 heterocycles. The molecule has 2 N–H and O–H groups in total. The van der Waals surface area contributed by atoms with Crippen LogP contribution in [0, 0.1) is 5.92 Å². The molecule has 1 saturated heterocycles. The van der Waals surface area contributed by atoms with Gasteiger partial charge in [-0.15, -0.1) is 0 Å². The predicted molar refractivity (Wildman–Crippen MR) is 132 cm³/mol. The highest BCUT2D eigenvalue weighted by atomic mass is 32.2. The molecule has 8 nitrogen and oxygen atoms in total. The molecule has 0 spiro atoms. The van der Waals surface area contributed by atoms with Gasteiger partial charge in [-0.2, -0.15) is 23.3 Å². The molecule has 3 aromatic rings. The lowest BCUT2D eigenvalue weighted by Crippen LogP contribution is -2.51. The van der Waals surface area contributed by atoms with Crippen LogP contribution in [0.25, 0.3) is 17.0 Å². The number of aliphatic carboxylic acids is 1. The summed E-state index contributed by atoms with van der Waals surface area (Å²) in [6.45, 7) is 2.25. The van der Waals surface area contributed by atoms with E-state index in [9.17, 15) is 22.8 Å². The molecule has 5 rings (SSSR count). The number of nitrogens with one attached hydrogen (secondary N) is 1. The van der Waals surface area contributed by atoms with Crippen LogP contribution in [-0.4, -0.2) is 56.9 Å². The first-order valence-corrected chi connectivity index (χ1v) is 12.2. The Bertz CT molecular complexity index is 1460. The van der Waals surface area contributed by atoms with E-state index < -0.39 is 29.5 Å². The third kappa shape index (κ3) is 4.80. The van der Waals surface area contributed by atoms with Crippen LogP contribution in [0.15, 0.2) is 46.4 Å². The molecule has 37 heavy (non-hydrogen) atoms. The van der Waals surface area contributed by atoms with Crippen molar-refractivity contribution < 1.29 is 32.6 Å². The molecular weight excluding hydrogens is 509 g/mol. The monoisotopic (exact) mass is 530 g/mol. The zero-order valence-corrected chi connectivity index (χ0v) is 20.3.